The number of carbonyl (C=O) groups excluding carboxylic acids is 2. The average Bonchev–Trinajstić information content (AvgIpc) is 3.60. The van der Waals surface area contributed by atoms with Crippen molar-refractivity contribution in [2.24, 2.45) is 5.73 Å². The van der Waals surface area contributed by atoms with Crippen LogP contribution in [0.2, 0.25) is 0 Å². The molecule has 5 rings (SSSR count). The van der Waals surface area contributed by atoms with E-state index < -0.39 is 28.0 Å². The second kappa shape index (κ2) is 11.2. The summed E-state index contributed by atoms with van der Waals surface area (Å²) in [6, 6.07) is 8.77. The van der Waals surface area contributed by atoms with Gasteiger partial charge in [0.1, 0.15) is 17.7 Å². The minimum atomic E-state index is -3.30. The lowest BCUT2D eigenvalue weighted by molar-refractivity contribution is -0.134. The fraction of sp³-hybridized carbons (Fsp3) is 0.407. The normalized spacial score (nSPS) is 19.3. The first-order valence-corrected chi connectivity index (χ1v) is 14.9. The van der Waals surface area contributed by atoms with Crippen LogP contribution >= 0.6 is 0 Å². The third-order valence-electron chi connectivity index (χ3n) is 6.65. The Balaban J connectivity index is 1.20. The van der Waals surface area contributed by atoms with Crippen LogP contribution in [-0.2, 0) is 26.9 Å². The number of hydrogen-bond acceptors (Lipinski definition) is 8. The Hall–Kier alpha value is -4.00. The summed E-state index contributed by atoms with van der Waals surface area (Å²) < 4.78 is 51.0. The highest BCUT2D eigenvalue weighted by atomic mass is 32.2. The first-order chi connectivity index (χ1) is 19.0. The zero-order valence-corrected chi connectivity index (χ0v) is 22.7. The van der Waals surface area contributed by atoms with Gasteiger partial charge in [0.2, 0.25) is 5.91 Å². The molecule has 212 valence electrons. The van der Waals surface area contributed by atoms with E-state index >= 15 is 4.39 Å². The third-order valence-corrected chi connectivity index (χ3v) is 7.38. The summed E-state index contributed by atoms with van der Waals surface area (Å²) in [4.78, 5) is 30.7. The van der Waals surface area contributed by atoms with Gasteiger partial charge in [0.15, 0.2) is 21.8 Å². The number of nitrogens with zero attached hydrogens (tertiary/aromatic N) is 4. The number of pyridine rings is 1. The van der Waals surface area contributed by atoms with Crippen molar-refractivity contribution in [3.63, 3.8) is 0 Å². The van der Waals surface area contributed by atoms with Gasteiger partial charge in [-0.05, 0) is 36.6 Å². The van der Waals surface area contributed by atoms with Crippen molar-refractivity contribution in [1.29, 1.82) is 0 Å². The molecule has 2 atom stereocenters. The maximum atomic E-state index is 15.1. The number of ether oxygens (including phenoxy) is 2. The van der Waals surface area contributed by atoms with Crippen LogP contribution in [0.3, 0.4) is 0 Å². The van der Waals surface area contributed by atoms with Gasteiger partial charge < -0.3 is 20.1 Å². The fourth-order valence-corrected chi connectivity index (χ4v) is 5.07. The molecule has 3 heterocycles. The van der Waals surface area contributed by atoms with Gasteiger partial charge in [-0.15, -0.1) is 0 Å². The molecule has 11 nitrogen and oxygen atoms in total. The molecule has 0 radical (unpaired) electrons. The summed E-state index contributed by atoms with van der Waals surface area (Å²) in [6.45, 7) is 0.160. The molecule has 2 aromatic heterocycles. The second-order valence-electron chi connectivity index (χ2n) is 10.2. The Labute approximate surface area is 231 Å². The monoisotopic (exact) mass is 571 g/mol. The summed E-state index contributed by atoms with van der Waals surface area (Å²) in [6.07, 6.45) is 5.69. The van der Waals surface area contributed by atoms with Crippen LogP contribution < -0.4 is 15.2 Å². The highest BCUT2D eigenvalue weighted by molar-refractivity contribution is 7.89. The van der Waals surface area contributed by atoms with Crippen LogP contribution in [0, 0.1) is 0 Å². The van der Waals surface area contributed by atoms with Gasteiger partial charge >= 0.3 is 0 Å². The number of rotatable bonds is 10. The first-order valence-electron chi connectivity index (χ1n) is 12.9. The minimum absolute atomic E-state index is 0.000631. The van der Waals surface area contributed by atoms with E-state index in [-0.39, 0.29) is 42.5 Å². The summed E-state index contributed by atoms with van der Waals surface area (Å²) >= 11 is 0. The van der Waals surface area contributed by atoms with E-state index in [0.717, 1.165) is 30.4 Å². The second-order valence-corrected chi connectivity index (χ2v) is 12.3. The zero-order valence-electron chi connectivity index (χ0n) is 21.9. The Morgan fingerprint density at radius 3 is 2.52 bits per heavy atom. The fourth-order valence-electron chi connectivity index (χ4n) is 4.45. The number of primary amides is 1. The number of sulfone groups is 1. The van der Waals surface area contributed by atoms with E-state index in [1.54, 1.807) is 0 Å². The van der Waals surface area contributed by atoms with Crippen LogP contribution in [0.4, 0.5) is 4.39 Å². The molecule has 2 N–H and O–H groups in total. The number of alkyl halides is 1. The quantitative estimate of drug-likeness (QED) is 0.389. The number of benzene rings is 1. The Kier molecular flexibility index (Phi) is 7.74. The van der Waals surface area contributed by atoms with Crippen LogP contribution in [0.1, 0.15) is 35.2 Å². The molecule has 0 unspecified atom stereocenters. The molecule has 13 heteroatoms. The van der Waals surface area contributed by atoms with Crippen molar-refractivity contribution in [3.8, 4) is 22.8 Å². The van der Waals surface area contributed by atoms with Crippen LogP contribution in [0.5, 0.6) is 11.5 Å². The predicted octanol–water partition coefficient (Wildman–Crippen LogP) is 2.15. The van der Waals surface area contributed by atoms with Gasteiger partial charge in [-0.1, -0.05) is 12.1 Å². The van der Waals surface area contributed by atoms with Crippen molar-refractivity contribution in [2.75, 3.05) is 19.3 Å². The molecule has 40 heavy (non-hydrogen) atoms. The average molecular weight is 572 g/mol. The molecule has 2 aliphatic rings. The van der Waals surface area contributed by atoms with E-state index in [1.165, 1.54) is 34.2 Å². The molecule has 0 spiro atoms. The maximum absolute atomic E-state index is 15.1. The molecule has 1 aliphatic heterocycles. The molecule has 2 amide bonds. The Morgan fingerprint density at radius 2 is 1.88 bits per heavy atom. The number of piperidine rings is 1. The Bertz CT molecular complexity index is 1510. The molecular weight excluding hydrogens is 541 g/mol. The van der Waals surface area contributed by atoms with Crippen molar-refractivity contribution < 1.29 is 31.9 Å². The third kappa shape index (κ3) is 6.95. The lowest BCUT2D eigenvalue weighted by Gasteiger charge is -2.35. The van der Waals surface area contributed by atoms with E-state index in [9.17, 15) is 18.0 Å². The predicted molar refractivity (Wildman–Crippen MR) is 143 cm³/mol. The Morgan fingerprint density at radius 1 is 1.12 bits per heavy atom. The molecule has 1 aliphatic carbocycles. The highest BCUT2D eigenvalue weighted by Crippen LogP contribution is 2.29. The highest BCUT2D eigenvalue weighted by Gasteiger charge is 2.34. The molecular formula is C27H30FN5O6S. The lowest BCUT2D eigenvalue weighted by atomic mass is 10.0. The van der Waals surface area contributed by atoms with Crippen molar-refractivity contribution >= 4 is 21.7 Å². The molecule has 1 saturated heterocycles. The van der Waals surface area contributed by atoms with Gasteiger partial charge in [0.25, 0.3) is 5.91 Å². The van der Waals surface area contributed by atoms with E-state index in [1.807, 2.05) is 24.3 Å². The maximum Gasteiger partial charge on any atom is 0.252 e. The zero-order chi connectivity index (χ0) is 28.4. The van der Waals surface area contributed by atoms with E-state index in [2.05, 4.69) is 10.1 Å². The summed E-state index contributed by atoms with van der Waals surface area (Å²) in [5.41, 5.74) is 7.18. The molecule has 3 aromatic rings. The van der Waals surface area contributed by atoms with Crippen LogP contribution in [-0.4, -0.2) is 77.6 Å². The number of amides is 2. The van der Waals surface area contributed by atoms with E-state index in [4.69, 9.17) is 15.2 Å². The van der Waals surface area contributed by atoms with Crippen LogP contribution in [0.15, 0.2) is 48.9 Å². The van der Waals surface area contributed by atoms with Gasteiger partial charge in [-0.2, -0.15) is 5.10 Å². The number of nitrogens with two attached hydrogens (primary N) is 1. The standard InChI is InChI=1S/C27H30FN5O6S/c1-40(36,37)16-33-14-18(12-31-33)23-11-21(27(29)35)25(13-30-23)39-24-8-9-32(15-22(24)28)26(34)10-17-2-4-19(5-3-17)38-20-6-7-20/h2-5,11-14,20,22,24H,6-10,15-16H2,1H3,(H2,29,35)/t22-,24-/m0/s1. The van der Waals surface area contributed by atoms with Crippen LogP contribution in [0.25, 0.3) is 11.3 Å². The van der Waals surface area contributed by atoms with Gasteiger partial charge in [0.05, 0.1) is 42.7 Å². The number of aromatic nitrogens is 3. The van der Waals surface area contributed by atoms with Crippen molar-refractivity contribution in [1.82, 2.24) is 19.7 Å². The van der Waals surface area contributed by atoms with Gasteiger partial charge in [0, 0.05) is 31.0 Å². The first kappa shape index (κ1) is 27.6. The molecule has 1 aromatic carbocycles. The smallest absolute Gasteiger partial charge is 0.252 e. The van der Waals surface area contributed by atoms with Crippen molar-refractivity contribution in [3.05, 3.63) is 60.0 Å². The lowest BCUT2D eigenvalue weighted by Crippen LogP contribution is -2.49. The van der Waals surface area contributed by atoms with Gasteiger partial charge in [-0.3, -0.25) is 19.3 Å². The largest absolute Gasteiger partial charge is 0.490 e. The number of likely N-dealkylation sites (tertiary alicyclic amines) is 1. The van der Waals surface area contributed by atoms with Gasteiger partial charge in [-0.25, -0.2) is 12.8 Å². The summed E-state index contributed by atoms with van der Waals surface area (Å²) in [5, 5.41) is 4.00. The van der Waals surface area contributed by atoms with Crippen molar-refractivity contribution in [2.45, 2.75) is 49.9 Å². The topological polar surface area (TPSA) is 147 Å². The molecule has 0 bridgehead atoms. The summed E-state index contributed by atoms with van der Waals surface area (Å²) in [7, 11) is -3.30. The summed E-state index contributed by atoms with van der Waals surface area (Å²) in [5.74, 6) is -0.477. The number of hydrogen-bond donors (Lipinski definition) is 1. The molecule has 2 fully saturated rings. The minimum Gasteiger partial charge on any atom is -0.490 e. The molecule has 1 saturated carbocycles. The van der Waals surface area contributed by atoms with E-state index in [0.29, 0.717) is 23.9 Å². The number of carbonyl (C=O) groups is 2. The SMILES string of the molecule is CS(=O)(=O)Cn1cc(-c2cc(C(N)=O)c(O[C@H]3CCN(C(=O)Cc4ccc(OC5CC5)cc4)C[C@@H]3F)cn2)cn1. The number of halogens is 1.